The first kappa shape index (κ1) is 18.4. The molecule has 0 amide bonds. The van der Waals surface area contributed by atoms with Gasteiger partial charge in [-0.1, -0.05) is 28.9 Å². The zero-order valence-corrected chi connectivity index (χ0v) is 16.9. The maximum Gasteiger partial charge on any atom is 0.243 e. The molecule has 0 aromatic heterocycles. The predicted molar refractivity (Wildman–Crippen MR) is 100 cm³/mol. The van der Waals surface area contributed by atoms with Crippen molar-refractivity contribution in [1.82, 2.24) is 9.21 Å². The van der Waals surface area contributed by atoms with Gasteiger partial charge in [0.1, 0.15) is 0 Å². The molecule has 0 unspecified atom stereocenters. The van der Waals surface area contributed by atoms with Crippen LogP contribution in [-0.4, -0.2) is 49.8 Å². The second-order valence-electron chi connectivity index (χ2n) is 7.32. The average molecular weight is 415 g/mol. The highest BCUT2D eigenvalue weighted by Crippen LogP contribution is 2.33. The molecule has 1 saturated carbocycles. The Morgan fingerprint density at radius 2 is 1.88 bits per heavy atom. The molecule has 0 radical (unpaired) electrons. The maximum absolute atomic E-state index is 12.9. The summed E-state index contributed by atoms with van der Waals surface area (Å²) < 4.78 is 28.2. The largest absolute Gasteiger partial charge is 0.300 e. The summed E-state index contributed by atoms with van der Waals surface area (Å²) >= 11 is 3.36. The Balaban J connectivity index is 1.66. The lowest BCUT2D eigenvalue weighted by molar-refractivity contribution is 0.136. The third kappa shape index (κ3) is 3.87. The first-order valence-corrected chi connectivity index (χ1v) is 11.1. The van der Waals surface area contributed by atoms with Crippen molar-refractivity contribution in [2.75, 3.05) is 20.1 Å². The van der Waals surface area contributed by atoms with Crippen molar-refractivity contribution in [2.24, 2.45) is 5.92 Å². The normalized spacial score (nSPS) is 27.0. The van der Waals surface area contributed by atoms with E-state index in [1.165, 1.54) is 25.9 Å². The predicted octanol–water partition coefficient (Wildman–Crippen LogP) is 3.72. The molecule has 134 valence electrons. The van der Waals surface area contributed by atoms with Gasteiger partial charge < -0.3 is 4.90 Å². The van der Waals surface area contributed by atoms with Crippen molar-refractivity contribution < 1.29 is 8.42 Å². The van der Waals surface area contributed by atoms with E-state index in [2.05, 4.69) is 27.8 Å². The number of hydrogen-bond donors (Lipinski definition) is 0. The number of piperidine rings is 1. The fourth-order valence-corrected chi connectivity index (χ4v) is 5.97. The second-order valence-corrected chi connectivity index (χ2v) is 10.2. The average Bonchev–Trinajstić information content (AvgIpc) is 3.04. The Kier molecular flexibility index (Phi) is 5.69. The van der Waals surface area contributed by atoms with Crippen LogP contribution in [0.4, 0.5) is 0 Å². The Bertz CT molecular complexity index is 671. The van der Waals surface area contributed by atoms with E-state index in [4.69, 9.17) is 0 Å². The highest BCUT2D eigenvalue weighted by atomic mass is 79.9. The van der Waals surface area contributed by atoms with Gasteiger partial charge in [-0.25, -0.2) is 8.42 Å². The van der Waals surface area contributed by atoms with Gasteiger partial charge in [0.25, 0.3) is 0 Å². The van der Waals surface area contributed by atoms with Crippen molar-refractivity contribution in [1.29, 1.82) is 0 Å². The molecule has 1 aliphatic heterocycles. The number of hydrogen-bond acceptors (Lipinski definition) is 3. The highest BCUT2D eigenvalue weighted by molar-refractivity contribution is 9.10. The number of halogens is 1. The third-order valence-corrected chi connectivity index (χ3v) is 8.10. The molecular formula is C18H27BrN2O2S. The van der Waals surface area contributed by atoms with Crippen LogP contribution in [-0.2, 0) is 10.0 Å². The monoisotopic (exact) mass is 414 g/mol. The lowest BCUT2D eigenvalue weighted by Crippen LogP contribution is -2.41. The van der Waals surface area contributed by atoms with E-state index in [1.807, 2.05) is 6.07 Å². The SMILES string of the molecule is CC1CCN([C@H]2CC[C@@H](N(C)S(=O)(=O)c3cccc(Br)c3)C2)CC1. The molecule has 4 nitrogen and oxygen atoms in total. The number of likely N-dealkylation sites (tertiary alicyclic amines) is 1. The summed E-state index contributed by atoms with van der Waals surface area (Å²) in [6, 6.07) is 7.64. The van der Waals surface area contributed by atoms with Crippen molar-refractivity contribution in [2.45, 2.75) is 56.0 Å². The highest BCUT2D eigenvalue weighted by Gasteiger charge is 2.37. The summed E-state index contributed by atoms with van der Waals surface area (Å²) in [5.74, 6) is 0.832. The number of sulfonamides is 1. The first-order chi connectivity index (χ1) is 11.4. The summed E-state index contributed by atoms with van der Waals surface area (Å²) in [7, 11) is -1.69. The molecule has 1 heterocycles. The maximum atomic E-state index is 12.9. The van der Waals surface area contributed by atoms with Gasteiger partial charge in [-0.2, -0.15) is 4.31 Å². The standard InChI is InChI=1S/C18H27BrN2O2S/c1-14-8-10-21(11-9-14)17-7-6-16(13-17)20(2)24(22,23)18-5-3-4-15(19)12-18/h3-5,12,14,16-17H,6-11,13H2,1-2H3/t16-,17+/m1/s1. The van der Waals surface area contributed by atoms with Gasteiger partial charge in [0, 0.05) is 23.6 Å². The number of nitrogens with zero attached hydrogens (tertiary/aromatic N) is 2. The quantitative estimate of drug-likeness (QED) is 0.753. The van der Waals surface area contributed by atoms with Gasteiger partial charge in [-0.05, 0) is 69.3 Å². The Labute approximate surface area is 154 Å². The van der Waals surface area contributed by atoms with Crippen molar-refractivity contribution >= 4 is 26.0 Å². The molecule has 1 aromatic carbocycles. The molecule has 6 heteroatoms. The van der Waals surface area contributed by atoms with Crippen LogP contribution < -0.4 is 0 Å². The fraction of sp³-hybridized carbons (Fsp3) is 0.667. The van der Waals surface area contributed by atoms with Gasteiger partial charge in [0.05, 0.1) is 4.90 Å². The topological polar surface area (TPSA) is 40.6 Å². The molecule has 2 fully saturated rings. The Morgan fingerprint density at radius 1 is 1.17 bits per heavy atom. The summed E-state index contributed by atoms with van der Waals surface area (Å²) in [5, 5.41) is 0. The minimum atomic E-state index is -3.42. The lowest BCUT2D eigenvalue weighted by atomic mass is 9.97. The number of rotatable bonds is 4. The van der Waals surface area contributed by atoms with Crippen LogP contribution in [0.1, 0.15) is 39.0 Å². The summed E-state index contributed by atoms with van der Waals surface area (Å²) in [6.07, 6.45) is 5.57. The van der Waals surface area contributed by atoms with Crippen LogP contribution in [0, 0.1) is 5.92 Å². The minimum absolute atomic E-state index is 0.110. The molecule has 1 aliphatic carbocycles. The van der Waals surface area contributed by atoms with Crippen LogP contribution in [0.3, 0.4) is 0 Å². The van der Waals surface area contributed by atoms with Crippen LogP contribution in [0.5, 0.6) is 0 Å². The van der Waals surface area contributed by atoms with E-state index in [0.29, 0.717) is 10.9 Å². The van der Waals surface area contributed by atoms with E-state index in [9.17, 15) is 8.42 Å². The number of benzene rings is 1. The summed E-state index contributed by atoms with van der Waals surface area (Å²) in [4.78, 5) is 2.95. The molecule has 2 atom stereocenters. The van der Waals surface area contributed by atoms with Crippen molar-refractivity contribution in [3.8, 4) is 0 Å². The minimum Gasteiger partial charge on any atom is -0.300 e. The molecule has 1 aromatic rings. The molecule has 24 heavy (non-hydrogen) atoms. The van der Waals surface area contributed by atoms with Gasteiger partial charge in [0.2, 0.25) is 10.0 Å². The first-order valence-electron chi connectivity index (χ1n) is 8.85. The zero-order valence-electron chi connectivity index (χ0n) is 14.5. The molecule has 3 rings (SSSR count). The van der Waals surface area contributed by atoms with E-state index in [1.54, 1.807) is 29.6 Å². The zero-order chi connectivity index (χ0) is 17.3. The van der Waals surface area contributed by atoms with E-state index >= 15 is 0 Å². The van der Waals surface area contributed by atoms with Crippen molar-refractivity contribution in [3.63, 3.8) is 0 Å². The van der Waals surface area contributed by atoms with E-state index in [0.717, 1.165) is 29.7 Å². The van der Waals surface area contributed by atoms with Gasteiger partial charge in [-0.15, -0.1) is 0 Å². The molecule has 0 N–H and O–H groups in total. The molecular weight excluding hydrogens is 388 g/mol. The molecule has 0 spiro atoms. The third-order valence-electron chi connectivity index (χ3n) is 5.70. The second kappa shape index (κ2) is 7.44. The summed E-state index contributed by atoms with van der Waals surface area (Å²) in [5.41, 5.74) is 0. The van der Waals surface area contributed by atoms with Crippen LogP contribution in [0.2, 0.25) is 0 Å². The van der Waals surface area contributed by atoms with Crippen LogP contribution >= 0.6 is 15.9 Å². The molecule has 0 bridgehead atoms. The Hall–Kier alpha value is -0.430. The molecule has 1 saturated heterocycles. The van der Waals surface area contributed by atoms with Crippen LogP contribution in [0.25, 0.3) is 0 Å². The fourth-order valence-electron chi connectivity index (χ4n) is 3.98. The lowest BCUT2D eigenvalue weighted by Gasteiger charge is -2.35. The Morgan fingerprint density at radius 3 is 2.54 bits per heavy atom. The van der Waals surface area contributed by atoms with Gasteiger partial charge in [-0.3, -0.25) is 0 Å². The van der Waals surface area contributed by atoms with E-state index in [-0.39, 0.29) is 6.04 Å². The molecule has 2 aliphatic rings. The van der Waals surface area contributed by atoms with Crippen molar-refractivity contribution in [3.05, 3.63) is 28.7 Å². The smallest absolute Gasteiger partial charge is 0.243 e. The summed E-state index contributed by atoms with van der Waals surface area (Å²) in [6.45, 7) is 4.66. The van der Waals surface area contributed by atoms with E-state index < -0.39 is 10.0 Å². The van der Waals surface area contributed by atoms with Gasteiger partial charge in [0.15, 0.2) is 0 Å². The van der Waals surface area contributed by atoms with Gasteiger partial charge >= 0.3 is 0 Å². The van der Waals surface area contributed by atoms with Crippen LogP contribution in [0.15, 0.2) is 33.6 Å².